The van der Waals surface area contributed by atoms with Gasteiger partial charge in [-0.1, -0.05) is 6.42 Å². The van der Waals surface area contributed by atoms with E-state index < -0.39 is 10.0 Å². The van der Waals surface area contributed by atoms with Gasteiger partial charge >= 0.3 is 0 Å². The Balaban J connectivity index is 1.80. The zero-order chi connectivity index (χ0) is 21.6. The molecule has 1 heterocycles. The lowest BCUT2D eigenvalue weighted by Crippen LogP contribution is -2.45. The molecule has 0 radical (unpaired) electrons. The molecule has 2 atom stereocenters. The van der Waals surface area contributed by atoms with Gasteiger partial charge in [-0.2, -0.15) is 0 Å². The number of unbranched alkanes of at least 4 members (excludes halogenated alkanes) is 2. The number of rotatable bonds is 10. The SMILES string of the molecule is Cc1c(NCCCCCNS(=O)(=O)C(C)C)ccc(N2CC(C)O[C@H](C)C2)c1C. The fourth-order valence-electron chi connectivity index (χ4n) is 3.75. The number of nitrogens with one attached hydrogen (secondary N) is 2. The molecule has 1 unspecified atom stereocenters. The molecule has 1 aromatic carbocycles. The van der Waals surface area contributed by atoms with Crippen molar-refractivity contribution in [1.82, 2.24) is 4.72 Å². The molecule has 0 bridgehead atoms. The van der Waals surface area contributed by atoms with Gasteiger partial charge in [0.1, 0.15) is 0 Å². The number of nitrogens with zero attached hydrogens (tertiary/aromatic N) is 1. The van der Waals surface area contributed by atoms with Crippen LogP contribution in [0.4, 0.5) is 11.4 Å². The molecule has 0 aliphatic carbocycles. The summed E-state index contributed by atoms with van der Waals surface area (Å²) in [7, 11) is -3.14. The van der Waals surface area contributed by atoms with Crippen LogP contribution in [0.2, 0.25) is 0 Å². The van der Waals surface area contributed by atoms with Crippen LogP contribution in [-0.4, -0.2) is 52.1 Å². The van der Waals surface area contributed by atoms with E-state index in [1.807, 2.05) is 0 Å². The maximum atomic E-state index is 11.7. The van der Waals surface area contributed by atoms with Gasteiger partial charge in [-0.15, -0.1) is 0 Å². The number of benzene rings is 1. The molecular weight excluding hydrogens is 386 g/mol. The summed E-state index contributed by atoms with van der Waals surface area (Å²) in [4.78, 5) is 2.43. The van der Waals surface area contributed by atoms with E-state index in [0.717, 1.165) is 38.9 Å². The molecule has 166 valence electrons. The topological polar surface area (TPSA) is 70.7 Å². The van der Waals surface area contributed by atoms with Gasteiger partial charge in [0.25, 0.3) is 0 Å². The van der Waals surface area contributed by atoms with E-state index in [9.17, 15) is 8.42 Å². The Kier molecular flexibility index (Phi) is 8.79. The summed E-state index contributed by atoms with van der Waals surface area (Å²) in [6.07, 6.45) is 3.37. The van der Waals surface area contributed by atoms with Crippen molar-refractivity contribution in [2.24, 2.45) is 0 Å². The number of morpholine rings is 1. The number of anilines is 2. The molecular formula is C22H39N3O3S. The van der Waals surface area contributed by atoms with Crippen molar-refractivity contribution in [1.29, 1.82) is 0 Å². The van der Waals surface area contributed by atoms with E-state index in [0.29, 0.717) is 6.54 Å². The lowest BCUT2D eigenvalue weighted by Gasteiger charge is -2.38. The highest BCUT2D eigenvalue weighted by Gasteiger charge is 2.24. The van der Waals surface area contributed by atoms with E-state index in [1.54, 1.807) is 13.8 Å². The van der Waals surface area contributed by atoms with Crippen molar-refractivity contribution in [3.05, 3.63) is 23.3 Å². The minimum absolute atomic E-state index is 0.251. The standard InChI is InChI=1S/C22H39N3O3S/c1-16(2)29(26,27)24-13-9-7-8-12-23-21-10-11-22(20(6)19(21)5)25-14-17(3)28-18(4)15-25/h10-11,16-18,23-24H,7-9,12-15H2,1-6H3/t17-,18?/m1/s1. The van der Waals surface area contributed by atoms with E-state index in [4.69, 9.17) is 4.74 Å². The van der Waals surface area contributed by atoms with Crippen molar-refractivity contribution in [3.8, 4) is 0 Å². The fourth-order valence-corrected chi connectivity index (χ4v) is 4.51. The number of hydrogen-bond donors (Lipinski definition) is 2. The van der Waals surface area contributed by atoms with Crippen molar-refractivity contribution >= 4 is 21.4 Å². The molecule has 0 aromatic heterocycles. The summed E-state index contributed by atoms with van der Waals surface area (Å²) in [6.45, 7) is 15.3. The normalized spacial score (nSPS) is 20.3. The number of sulfonamides is 1. The smallest absolute Gasteiger partial charge is 0.213 e. The summed E-state index contributed by atoms with van der Waals surface area (Å²) in [5.41, 5.74) is 5.09. The summed E-state index contributed by atoms with van der Waals surface area (Å²) in [5.74, 6) is 0. The predicted octanol–water partition coefficient (Wildman–Crippen LogP) is 3.83. The fraction of sp³-hybridized carbons (Fsp3) is 0.727. The van der Waals surface area contributed by atoms with Gasteiger partial charge < -0.3 is 15.0 Å². The molecule has 7 heteroatoms. The van der Waals surface area contributed by atoms with E-state index in [2.05, 4.69) is 54.8 Å². The molecule has 6 nitrogen and oxygen atoms in total. The lowest BCUT2D eigenvalue weighted by atomic mass is 10.0. The van der Waals surface area contributed by atoms with Crippen LogP contribution in [0.3, 0.4) is 0 Å². The third-order valence-corrected chi connectivity index (χ3v) is 7.46. The van der Waals surface area contributed by atoms with E-state index in [1.165, 1.54) is 22.5 Å². The Morgan fingerprint density at radius 1 is 1.03 bits per heavy atom. The maximum absolute atomic E-state index is 11.7. The molecule has 2 N–H and O–H groups in total. The summed E-state index contributed by atoms with van der Waals surface area (Å²) in [5, 5.41) is 3.17. The second-order valence-corrected chi connectivity index (χ2v) is 10.8. The minimum Gasteiger partial charge on any atom is -0.385 e. The van der Waals surface area contributed by atoms with Crippen LogP contribution in [0.25, 0.3) is 0 Å². The van der Waals surface area contributed by atoms with Crippen LogP contribution in [0.15, 0.2) is 12.1 Å². The quantitative estimate of drug-likeness (QED) is 0.558. The van der Waals surface area contributed by atoms with Crippen LogP contribution in [-0.2, 0) is 14.8 Å². The minimum atomic E-state index is -3.14. The Labute approximate surface area is 177 Å². The highest BCUT2D eigenvalue weighted by atomic mass is 32.2. The zero-order valence-electron chi connectivity index (χ0n) is 18.9. The summed E-state index contributed by atoms with van der Waals surface area (Å²) in [6, 6.07) is 4.40. The lowest BCUT2D eigenvalue weighted by molar-refractivity contribution is -0.00524. The highest BCUT2D eigenvalue weighted by molar-refractivity contribution is 7.90. The largest absolute Gasteiger partial charge is 0.385 e. The van der Waals surface area contributed by atoms with Gasteiger partial charge in [0.05, 0.1) is 17.5 Å². The molecule has 29 heavy (non-hydrogen) atoms. The average Bonchev–Trinajstić information content (AvgIpc) is 2.63. The third-order valence-electron chi connectivity index (χ3n) is 5.61. The highest BCUT2D eigenvalue weighted by Crippen LogP contribution is 2.30. The van der Waals surface area contributed by atoms with Crippen LogP contribution < -0.4 is 14.9 Å². The monoisotopic (exact) mass is 425 g/mol. The first-order chi connectivity index (χ1) is 13.6. The van der Waals surface area contributed by atoms with Crippen LogP contribution >= 0.6 is 0 Å². The van der Waals surface area contributed by atoms with Gasteiger partial charge in [0.15, 0.2) is 0 Å². The van der Waals surface area contributed by atoms with Gasteiger partial charge in [-0.3, -0.25) is 0 Å². The first-order valence-electron chi connectivity index (χ1n) is 10.8. The molecule has 1 saturated heterocycles. The van der Waals surface area contributed by atoms with Crippen molar-refractivity contribution < 1.29 is 13.2 Å². The van der Waals surface area contributed by atoms with Gasteiger partial charge in [-0.05, 0) is 77.6 Å². The van der Waals surface area contributed by atoms with Gasteiger partial charge in [-0.25, -0.2) is 13.1 Å². The zero-order valence-corrected chi connectivity index (χ0v) is 19.7. The van der Waals surface area contributed by atoms with Crippen molar-refractivity contribution in [2.75, 3.05) is 36.4 Å². The molecule has 0 saturated carbocycles. The molecule has 0 amide bonds. The Hall–Kier alpha value is -1.31. The molecule has 1 aliphatic rings. The maximum Gasteiger partial charge on any atom is 0.213 e. The van der Waals surface area contributed by atoms with Gasteiger partial charge in [0, 0.05) is 37.6 Å². The molecule has 1 aromatic rings. The first-order valence-corrected chi connectivity index (χ1v) is 12.4. The van der Waals surface area contributed by atoms with Crippen LogP contribution in [0.1, 0.15) is 58.1 Å². The van der Waals surface area contributed by atoms with Crippen LogP contribution in [0.5, 0.6) is 0 Å². The second kappa shape index (κ2) is 10.6. The Bertz CT molecular complexity index is 755. The van der Waals surface area contributed by atoms with E-state index >= 15 is 0 Å². The van der Waals surface area contributed by atoms with Crippen molar-refractivity contribution in [3.63, 3.8) is 0 Å². The summed E-state index contributed by atoms with van der Waals surface area (Å²) >= 11 is 0. The van der Waals surface area contributed by atoms with Gasteiger partial charge in [0.2, 0.25) is 10.0 Å². The molecule has 1 fully saturated rings. The average molecular weight is 426 g/mol. The number of hydrogen-bond acceptors (Lipinski definition) is 5. The van der Waals surface area contributed by atoms with Crippen LogP contribution in [0, 0.1) is 13.8 Å². The second-order valence-electron chi connectivity index (χ2n) is 8.52. The number of ether oxygens (including phenoxy) is 1. The predicted molar refractivity (Wildman–Crippen MR) is 123 cm³/mol. The summed E-state index contributed by atoms with van der Waals surface area (Å²) < 4.78 is 32.0. The molecule has 0 spiro atoms. The molecule has 1 aliphatic heterocycles. The third kappa shape index (κ3) is 6.86. The van der Waals surface area contributed by atoms with Crippen molar-refractivity contribution in [2.45, 2.75) is 78.3 Å². The Morgan fingerprint density at radius 2 is 1.66 bits per heavy atom. The Morgan fingerprint density at radius 3 is 2.28 bits per heavy atom. The van der Waals surface area contributed by atoms with E-state index in [-0.39, 0.29) is 17.5 Å². The first kappa shape index (κ1) is 24.0. The molecule has 2 rings (SSSR count).